The predicted molar refractivity (Wildman–Crippen MR) is 75.8 cm³/mol. The molecule has 0 bridgehead atoms. The van der Waals surface area contributed by atoms with Gasteiger partial charge in [-0.15, -0.1) is 0 Å². The van der Waals surface area contributed by atoms with E-state index < -0.39 is 6.10 Å². The molecule has 0 saturated carbocycles. The van der Waals surface area contributed by atoms with E-state index in [0.29, 0.717) is 13.0 Å². The van der Waals surface area contributed by atoms with Crippen LogP contribution >= 0.6 is 0 Å². The molecule has 1 heterocycles. The molecule has 0 radical (unpaired) electrons. The third-order valence-corrected chi connectivity index (χ3v) is 3.54. The van der Waals surface area contributed by atoms with E-state index in [1.807, 2.05) is 48.7 Å². The SMILES string of the molecule is Cc1ncn(CC(O)C(N)Cc2ccccc2)c1C. The topological polar surface area (TPSA) is 64.1 Å². The van der Waals surface area contributed by atoms with Crippen LogP contribution in [0, 0.1) is 13.8 Å². The van der Waals surface area contributed by atoms with Crippen molar-refractivity contribution in [1.82, 2.24) is 9.55 Å². The maximum absolute atomic E-state index is 10.2. The smallest absolute Gasteiger partial charge is 0.0952 e. The number of aliphatic hydroxyl groups excluding tert-OH is 1. The summed E-state index contributed by atoms with van der Waals surface area (Å²) >= 11 is 0. The number of aromatic nitrogens is 2. The number of nitrogens with zero attached hydrogens (tertiary/aromatic N) is 2. The summed E-state index contributed by atoms with van der Waals surface area (Å²) in [5.41, 5.74) is 9.28. The number of aryl methyl sites for hydroxylation is 1. The molecule has 0 aliphatic carbocycles. The highest BCUT2D eigenvalue weighted by molar-refractivity contribution is 5.16. The molecule has 2 rings (SSSR count). The van der Waals surface area contributed by atoms with E-state index in [1.165, 1.54) is 0 Å². The van der Waals surface area contributed by atoms with Crippen molar-refractivity contribution in [2.75, 3.05) is 0 Å². The molecule has 4 heteroatoms. The summed E-state index contributed by atoms with van der Waals surface area (Å²) in [4.78, 5) is 4.22. The highest BCUT2D eigenvalue weighted by Gasteiger charge is 2.17. The number of aliphatic hydroxyl groups is 1. The van der Waals surface area contributed by atoms with Crippen molar-refractivity contribution in [3.8, 4) is 0 Å². The molecule has 0 spiro atoms. The summed E-state index contributed by atoms with van der Waals surface area (Å²) in [6.07, 6.45) is 1.85. The second kappa shape index (κ2) is 5.99. The van der Waals surface area contributed by atoms with Crippen LogP contribution in [0.3, 0.4) is 0 Å². The van der Waals surface area contributed by atoms with Gasteiger partial charge in [-0.2, -0.15) is 0 Å². The first-order valence-corrected chi connectivity index (χ1v) is 6.54. The summed E-state index contributed by atoms with van der Waals surface area (Å²) in [7, 11) is 0. The molecule has 0 aliphatic heterocycles. The predicted octanol–water partition coefficient (Wildman–Crippen LogP) is 1.43. The van der Waals surface area contributed by atoms with Crippen LogP contribution in [0.4, 0.5) is 0 Å². The lowest BCUT2D eigenvalue weighted by Gasteiger charge is -2.20. The van der Waals surface area contributed by atoms with Crippen molar-refractivity contribution in [1.29, 1.82) is 0 Å². The fraction of sp³-hybridized carbons (Fsp3) is 0.400. The van der Waals surface area contributed by atoms with E-state index in [0.717, 1.165) is 17.0 Å². The highest BCUT2D eigenvalue weighted by atomic mass is 16.3. The van der Waals surface area contributed by atoms with E-state index in [2.05, 4.69) is 4.98 Å². The van der Waals surface area contributed by atoms with Crippen LogP contribution in [-0.4, -0.2) is 26.8 Å². The summed E-state index contributed by atoms with van der Waals surface area (Å²) in [5.74, 6) is 0. The van der Waals surface area contributed by atoms with Crippen LogP contribution in [0.5, 0.6) is 0 Å². The molecule has 3 N–H and O–H groups in total. The van der Waals surface area contributed by atoms with Gasteiger partial charge in [0.2, 0.25) is 0 Å². The first-order chi connectivity index (χ1) is 9.08. The van der Waals surface area contributed by atoms with Gasteiger partial charge < -0.3 is 15.4 Å². The molecule has 2 unspecified atom stereocenters. The van der Waals surface area contributed by atoms with E-state index in [-0.39, 0.29) is 6.04 Å². The zero-order chi connectivity index (χ0) is 13.8. The summed E-state index contributed by atoms with van der Waals surface area (Å²) in [6, 6.07) is 9.72. The van der Waals surface area contributed by atoms with Crippen molar-refractivity contribution in [3.63, 3.8) is 0 Å². The Balaban J connectivity index is 1.96. The molecule has 102 valence electrons. The van der Waals surface area contributed by atoms with Crippen LogP contribution in [0.2, 0.25) is 0 Å². The van der Waals surface area contributed by atoms with Crippen LogP contribution in [0.1, 0.15) is 17.0 Å². The molecule has 0 amide bonds. The van der Waals surface area contributed by atoms with E-state index in [1.54, 1.807) is 6.33 Å². The van der Waals surface area contributed by atoms with Gasteiger partial charge in [0.05, 0.1) is 24.7 Å². The largest absolute Gasteiger partial charge is 0.390 e. The second-order valence-electron chi connectivity index (χ2n) is 4.99. The standard InChI is InChI=1S/C15H21N3O/c1-11-12(2)18(10-17-11)9-15(19)14(16)8-13-6-4-3-5-7-13/h3-7,10,14-15,19H,8-9,16H2,1-2H3. The lowest BCUT2D eigenvalue weighted by atomic mass is 10.0. The lowest BCUT2D eigenvalue weighted by molar-refractivity contribution is 0.124. The lowest BCUT2D eigenvalue weighted by Crippen LogP contribution is -2.39. The average Bonchev–Trinajstić information content (AvgIpc) is 2.72. The number of hydrogen-bond acceptors (Lipinski definition) is 3. The molecule has 1 aromatic carbocycles. The van der Waals surface area contributed by atoms with Crippen LogP contribution in [0.15, 0.2) is 36.7 Å². The number of imidazole rings is 1. The maximum atomic E-state index is 10.2. The fourth-order valence-electron chi connectivity index (χ4n) is 2.09. The summed E-state index contributed by atoms with van der Waals surface area (Å²) in [6.45, 7) is 4.44. The number of rotatable bonds is 5. The van der Waals surface area contributed by atoms with Crippen LogP contribution in [-0.2, 0) is 13.0 Å². The van der Waals surface area contributed by atoms with Crippen LogP contribution < -0.4 is 5.73 Å². The molecule has 1 aromatic heterocycles. The molecular weight excluding hydrogens is 238 g/mol. The van der Waals surface area contributed by atoms with Gasteiger partial charge in [-0.05, 0) is 25.8 Å². The monoisotopic (exact) mass is 259 g/mol. The molecule has 0 fully saturated rings. The van der Waals surface area contributed by atoms with Gasteiger partial charge in [-0.3, -0.25) is 0 Å². The zero-order valence-electron chi connectivity index (χ0n) is 11.5. The maximum Gasteiger partial charge on any atom is 0.0952 e. The number of hydrogen-bond donors (Lipinski definition) is 2. The Morgan fingerprint density at radius 3 is 2.53 bits per heavy atom. The van der Waals surface area contributed by atoms with E-state index in [9.17, 15) is 5.11 Å². The Bertz CT molecular complexity index is 521. The van der Waals surface area contributed by atoms with Gasteiger partial charge in [0.15, 0.2) is 0 Å². The van der Waals surface area contributed by atoms with Gasteiger partial charge in [0, 0.05) is 11.7 Å². The van der Waals surface area contributed by atoms with Crippen molar-refractivity contribution < 1.29 is 5.11 Å². The zero-order valence-corrected chi connectivity index (χ0v) is 11.5. The normalized spacial score (nSPS) is 14.3. The quantitative estimate of drug-likeness (QED) is 0.854. The molecule has 2 atom stereocenters. The molecule has 0 aliphatic rings. The summed E-state index contributed by atoms with van der Waals surface area (Å²) in [5, 5.41) is 10.2. The molecule has 19 heavy (non-hydrogen) atoms. The Morgan fingerprint density at radius 2 is 1.95 bits per heavy atom. The van der Waals surface area contributed by atoms with E-state index >= 15 is 0 Å². The third kappa shape index (κ3) is 3.43. The third-order valence-electron chi connectivity index (χ3n) is 3.54. The fourth-order valence-corrected chi connectivity index (χ4v) is 2.09. The van der Waals surface area contributed by atoms with Crippen molar-refractivity contribution in [2.24, 2.45) is 5.73 Å². The van der Waals surface area contributed by atoms with Gasteiger partial charge in [0.25, 0.3) is 0 Å². The minimum absolute atomic E-state index is 0.274. The van der Waals surface area contributed by atoms with Gasteiger partial charge in [-0.25, -0.2) is 4.98 Å². The Morgan fingerprint density at radius 1 is 1.26 bits per heavy atom. The highest BCUT2D eigenvalue weighted by Crippen LogP contribution is 2.09. The van der Waals surface area contributed by atoms with Crippen molar-refractivity contribution >= 4 is 0 Å². The number of benzene rings is 1. The number of nitrogens with two attached hydrogens (primary N) is 1. The molecular formula is C15H21N3O. The van der Waals surface area contributed by atoms with Crippen LogP contribution in [0.25, 0.3) is 0 Å². The Labute approximate surface area is 113 Å². The molecule has 2 aromatic rings. The molecule has 4 nitrogen and oxygen atoms in total. The van der Waals surface area contributed by atoms with E-state index in [4.69, 9.17) is 5.73 Å². The minimum Gasteiger partial charge on any atom is -0.390 e. The van der Waals surface area contributed by atoms with Gasteiger partial charge in [0.1, 0.15) is 0 Å². The average molecular weight is 259 g/mol. The minimum atomic E-state index is -0.576. The first-order valence-electron chi connectivity index (χ1n) is 6.54. The van der Waals surface area contributed by atoms with Gasteiger partial charge in [-0.1, -0.05) is 30.3 Å². The first kappa shape index (κ1) is 13.8. The summed E-state index contributed by atoms with van der Waals surface area (Å²) < 4.78 is 1.95. The van der Waals surface area contributed by atoms with Gasteiger partial charge >= 0.3 is 0 Å². The Kier molecular flexibility index (Phi) is 4.35. The Hall–Kier alpha value is -1.65. The van der Waals surface area contributed by atoms with Crippen molar-refractivity contribution in [3.05, 3.63) is 53.6 Å². The molecule has 0 saturated heterocycles. The van der Waals surface area contributed by atoms with Crippen molar-refractivity contribution in [2.45, 2.75) is 39.0 Å². The second-order valence-corrected chi connectivity index (χ2v) is 4.99.